The van der Waals surface area contributed by atoms with E-state index < -0.39 is 0 Å². The van der Waals surface area contributed by atoms with Crippen molar-refractivity contribution in [2.75, 3.05) is 20.1 Å². The highest BCUT2D eigenvalue weighted by molar-refractivity contribution is 5.77. The molecule has 2 fully saturated rings. The Bertz CT molecular complexity index is 605. The summed E-state index contributed by atoms with van der Waals surface area (Å²) in [6.07, 6.45) is 7.85. The Kier molecular flexibility index (Phi) is 5.46. The topological polar surface area (TPSA) is 54.3 Å². The zero-order chi connectivity index (χ0) is 18.0. The van der Waals surface area contributed by atoms with E-state index in [-0.39, 0.29) is 5.54 Å². The molecule has 1 saturated heterocycles. The van der Waals surface area contributed by atoms with Gasteiger partial charge >= 0.3 is 0 Å². The maximum atomic E-state index is 13.1. The number of amides is 1. The summed E-state index contributed by atoms with van der Waals surface area (Å²) in [7, 11) is 2.19. The van der Waals surface area contributed by atoms with Crippen LogP contribution in [0.25, 0.3) is 0 Å². The summed E-state index contributed by atoms with van der Waals surface area (Å²) in [6, 6.07) is 0.502. The summed E-state index contributed by atoms with van der Waals surface area (Å²) < 4.78 is 1.87. The van der Waals surface area contributed by atoms with Crippen molar-refractivity contribution in [3.63, 3.8) is 0 Å². The Balaban J connectivity index is 1.70. The third-order valence-corrected chi connectivity index (χ3v) is 6.29. The third kappa shape index (κ3) is 3.73. The maximum absolute atomic E-state index is 13.1. The zero-order valence-corrected chi connectivity index (χ0v) is 16.3. The SMILES string of the molecule is CCN(C)C1CN(C(=O)CCn2nc(C)nc2C)C2(CCCCC2)C1. The molecule has 3 rings (SSSR count). The molecular formula is C19H33N5O. The van der Waals surface area contributed by atoms with Crippen molar-refractivity contribution in [2.24, 2.45) is 0 Å². The number of carbonyl (C=O) groups excluding carboxylic acids is 1. The molecule has 1 aliphatic heterocycles. The van der Waals surface area contributed by atoms with Gasteiger partial charge in [-0.25, -0.2) is 9.67 Å². The van der Waals surface area contributed by atoms with Crippen LogP contribution in [-0.4, -0.2) is 62.2 Å². The van der Waals surface area contributed by atoms with Crippen LogP contribution in [0.1, 0.15) is 63.5 Å². The van der Waals surface area contributed by atoms with E-state index in [1.807, 2.05) is 18.5 Å². The quantitative estimate of drug-likeness (QED) is 0.821. The molecule has 25 heavy (non-hydrogen) atoms. The highest BCUT2D eigenvalue weighted by Gasteiger charge is 2.48. The van der Waals surface area contributed by atoms with Gasteiger partial charge in [-0.15, -0.1) is 0 Å². The van der Waals surface area contributed by atoms with Crippen LogP contribution < -0.4 is 0 Å². The lowest BCUT2D eigenvalue weighted by molar-refractivity contribution is -0.136. The molecule has 1 atom stereocenters. The van der Waals surface area contributed by atoms with E-state index in [4.69, 9.17) is 0 Å². The van der Waals surface area contributed by atoms with Gasteiger partial charge in [-0.2, -0.15) is 5.10 Å². The third-order valence-electron chi connectivity index (χ3n) is 6.29. The molecule has 6 nitrogen and oxygen atoms in total. The lowest BCUT2D eigenvalue weighted by atomic mass is 9.79. The molecule has 1 spiro atoms. The molecule has 140 valence electrons. The van der Waals surface area contributed by atoms with Crippen molar-refractivity contribution in [2.45, 2.75) is 83.8 Å². The smallest absolute Gasteiger partial charge is 0.224 e. The van der Waals surface area contributed by atoms with E-state index in [1.165, 1.54) is 32.1 Å². The van der Waals surface area contributed by atoms with Gasteiger partial charge in [0.05, 0.1) is 6.54 Å². The van der Waals surface area contributed by atoms with E-state index in [2.05, 4.69) is 33.9 Å². The zero-order valence-electron chi connectivity index (χ0n) is 16.3. The van der Waals surface area contributed by atoms with Crippen molar-refractivity contribution in [1.29, 1.82) is 0 Å². The number of carbonyl (C=O) groups is 1. The number of aryl methyl sites for hydroxylation is 3. The predicted octanol–water partition coefficient (Wildman–Crippen LogP) is 2.54. The van der Waals surface area contributed by atoms with Gasteiger partial charge in [0, 0.05) is 24.5 Å². The summed E-state index contributed by atoms with van der Waals surface area (Å²) in [6.45, 7) is 8.61. The molecule has 1 amide bonds. The van der Waals surface area contributed by atoms with Crippen LogP contribution in [0.15, 0.2) is 0 Å². The summed E-state index contributed by atoms with van der Waals surface area (Å²) in [5, 5.41) is 4.40. The number of likely N-dealkylation sites (N-methyl/N-ethyl adjacent to an activating group) is 1. The molecule has 0 bridgehead atoms. The maximum Gasteiger partial charge on any atom is 0.224 e. The minimum Gasteiger partial charge on any atom is -0.335 e. The first-order chi connectivity index (χ1) is 11.9. The Labute approximate surface area is 151 Å². The normalized spacial score (nSPS) is 22.9. The molecular weight excluding hydrogens is 314 g/mol. The molecule has 1 saturated carbocycles. The van der Waals surface area contributed by atoms with Gasteiger partial charge in [-0.3, -0.25) is 4.79 Å². The Hall–Kier alpha value is -1.43. The van der Waals surface area contributed by atoms with Crippen molar-refractivity contribution in [3.8, 4) is 0 Å². The molecule has 1 aromatic rings. The molecule has 1 aromatic heterocycles. The van der Waals surface area contributed by atoms with Gasteiger partial charge in [0.25, 0.3) is 0 Å². The van der Waals surface area contributed by atoms with Gasteiger partial charge < -0.3 is 9.80 Å². The van der Waals surface area contributed by atoms with Crippen LogP contribution in [0, 0.1) is 13.8 Å². The first-order valence-electron chi connectivity index (χ1n) is 9.84. The van der Waals surface area contributed by atoms with E-state index in [1.54, 1.807) is 0 Å². The van der Waals surface area contributed by atoms with Gasteiger partial charge in [-0.1, -0.05) is 26.2 Å². The van der Waals surface area contributed by atoms with E-state index in [0.29, 0.717) is 24.9 Å². The molecule has 0 N–H and O–H groups in total. The summed E-state index contributed by atoms with van der Waals surface area (Å²) >= 11 is 0. The average molecular weight is 348 g/mol. The first kappa shape index (κ1) is 18.4. The first-order valence-corrected chi connectivity index (χ1v) is 9.84. The molecule has 6 heteroatoms. The van der Waals surface area contributed by atoms with Crippen molar-refractivity contribution >= 4 is 5.91 Å². The fourth-order valence-electron chi connectivity index (χ4n) is 4.73. The fraction of sp³-hybridized carbons (Fsp3) is 0.842. The Morgan fingerprint density at radius 2 is 2.00 bits per heavy atom. The highest BCUT2D eigenvalue weighted by Crippen LogP contribution is 2.43. The molecule has 0 radical (unpaired) electrons. The van der Waals surface area contributed by atoms with Gasteiger partial charge in [-0.05, 0) is 46.7 Å². The number of likely N-dealkylation sites (tertiary alicyclic amines) is 1. The van der Waals surface area contributed by atoms with Crippen LogP contribution in [0.2, 0.25) is 0 Å². The van der Waals surface area contributed by atoms with Crippen molar-refractivity contribution in [1.82, 2.24) is 24.6 Å². The molecule has 1 unspecified atom stereocenters. The molecule has 0 aromatic carbocycles. The van der Waals surface area contributed by atoms with E-state index in [0.717, 1.165) is 31.2 Å². The summed E-state index contributed by atoms with van der Waals surface area (Å²) in [5.74, 6) is 1.96. The molecule has 2 heterocycles. The van der Waals surface area contributed by atoms with Gasteiger partial charge in [0.1, 0.15) is 11.6 Å². The second kappa shape index (κ2) is 7.44. The summed E-state index contributed by atoms with van der Waals surface area (Å²) in [5.41, 5.74) is 0.108. The predicted molar refractivity (Wildman–Crippen MR) is 98.4 cm³/mol. The minimum absolute atomic E-state index is 0.108. The van der Waals surface area contributed by atoms with Crippen LogP contribution in [-0.2, 0) is 11.3 Å². The van der Waals surface area contributed by atoms with Crippen LogP contribution in [0.3, 0.4) is 0 Å². The lowest BCUT2D eigenvalue weighted by Gasteiger charge is -2.41. The Morgan fingerprint density at radius 3 is 2.60 bits per heavy atom. The van der Waals surface area contributed by atoms with Crippen LogP contribution >= 0.6 is 0 Å². The standard InChI is InChI=1S/C19H33N5O/c1-5-22(4)17-13-19(10-7-6-8-11-19)23(14-17)18(25)9-12-24-16(3)20-15(2)21-24/h17H,5-14H2,1-4H3. The van der Waals surface area contributed by atoms with E-state index >= 15 is 0 Å². The number of hydrogen-bond donors (Lipinski definition) is 0. The average Bonchev–Trinajstić information content (AvgIpc) is 3.12. The number of hydrogen-bond acceptors (Lipinski definition) is 4. The molecule has 2 aliphatic rings. The van der Waals surface area contributed by atoms with Gasteiger partial charge in [0.15, 0.2) is 0 Å². The lowest BCUT2D eigenvalue weighted by Crippen LogP contribution is -2.48. The van der Waals surface area contributed by atoms with E-state index in [9.17, 15) is 4.79 Å². The van der Waals surface area contributed by atoms with Crippen molar-refractivity contribution in [3.05, 3.63) is 11.6 Å². The number of rotatable bonds is 5. The monoisotopic (exact) mass is 347 g/mol. The van der Waals surface area contributed by atoms with Crippen LogP contribution in [0.5, 0.6) is 0 Å². The molecule has 1 aliphatic carbocycles. The summed E-state index contributed by atoms with van der Waals surface area (Å²) in [4.78, 5) is 22.1. The van der Waals surface area contributed by atoms with Crippen LogP contribution in [0.4, 0.5) is 0 Å². The van der Waals surface area contributed by atoms with Crippen molar-refractivity contribution < 1.29 is 4.79 Å². The fourth-order valence-corrected chi connectivity index (χ4v) is 4.73. The number of aromatic nitrogens is 3. The second-order valence-corrected chi connectivity index (χ2v) is 7.90. The van der Waals surface area contributed by atoms with Gasteiger partial charge in [0.2, 0.25) is 5.91 Å². The largest absolute Gasteiger partial charge is 0.335 e. The second-order valence-electron chi connectivity index (χ2n) is 7.90. The Morgan fingerprint density at radius 1 is 1.28 bits per heavy atom. The highest BCUT2D eigenvalue weighted by atomic mass is 16.2. The minimum atomic E-state index is 0.108. The number of nitrogens with zero attached hydrogens (tertiary/aromatic N) is 5.